The molecule has 0 saturated heterocycles. The maximum atomic E-state index is 12.4. The van der Waals surface area contributed by atoms with Crippen LogP contribution in [0.15, 0.2) is 41.3 Å². The van der Waals surface area contributed by atoms with Gasteiger partial charge in [0.15, 0.2) is 0 Å². The van der Waals surface area contributed by atoms with Crippen LogP contribution in [0.4, 0.5) is 5.69 Å². The quantitative estimate of drug-likeness (QED) is 0.863. The fourth-order valence-corrected chi connectivity index (χ4v) is 3.59. The summed E-state index contributed by atoms with van der Waals surface area (Å²) < 4.78 is 12.4. The van der Waals surface area contributed by atoms with Crippen molar-refractivity contribution >= 4 is 39.7 Å². The first-order valence-electron chi connectivity index (χ1n) is 5.66. The van der Waals surface area contributed by atoms with Crippen LogP contribution in [0.25, 0.3) is 0 Å². The average molecular weight is 314 g/mol. The van der Waals surface area contributed by atoms with Crippen molar-refractivity contribution in [1.82, 2.24) is 0 Å². The van der Waals surface area contributed by atoms with Crippen molar-refractivity contribution in [2.24, 2.45) is 0 Å². The Morgan fingerprint density at radius 1 is 1.16 bits per heavy atom. The standard InChI is InChI=1S/C14H13Cl2NOS/c1-9-2-5-13(17)14(6-9)19(18)8-10-3-4-11(15)7-12(10)16/h2-7H,8,17H2,1H3. The van der Waals surface area contributed by atoms with E-state index in [1.807, 2.05) is 19.1 Å². The van der Waals surface area contributed by atoms with Crippen molar-refractivity contribution in [2.75, 3.05) is 5.73 Å². The van der Waals surface area contributed by atoms with E-state index >= 15 is 0 Å². The molecule has 0 saturated carbocycles. The first-order chi connectivity index (χ1) is 8.97. The summed E-state index contributed by atoms with van der Waals surface area (Å²) in [6, 6.07) is 10.7. The van der Waals surface area contributed by atoms with Crippen LogP contribution in [-0.4, -0.2) is 4.21 Å². The summed E-state index contributed by atoms with van der Waals surface area (Å²) in [7, 11) is -1.23. The highest BCUT2D eigenvalue weighted by molar-refractivity contribution is 7.84. The van der Waals surface area contributed by atoms with E-state index in [1.54, 1.807) is 24.3 Å². The van der Waals surface area contributed by atoms with E-state index in [9.17, 15) is 4.21 Å². The molecule has 100 valence electrons. The molecule has 2 aromatic carbocycles. The predicted molar refractivity (Wildman–Crippen MR) is 82.2 cm³/mol. The Morgan fingerprint density at radius 2 is 1.89 bits per heavy atom. The second kappa shape index (κ2) is 5.95. The van der Waals surface area contributed by atoms with E-state index in [1.165, 1.54) is 0 Å². The number of hydrogen-bond acceptors (Lipinski definition) is 2. The third-order valence-corrected chi connectivity index (χ3v) is 4.72. The van der Waals surface area contributed by atoms with Gasteiger partial charge >= 0.3 is 0 Å². The van der Waals surface area contributed by atoms with Gasteiger partial charge < -0.3 is 5.73 Å². The molecule has 0 aromatic heterocycles. The highest BCUT2D eigenvalue weighted by Crippen LogP contribution is 2.25. The van der Waals surface area contributed by atoms with Crippen LogP contribution >= 0.6 is 23.2 Å². The third kappa shape index (κ3) is 3.50. The number of rotatable bonds is 3. The number of halogens is 2. The maximum Gasteiger partial charge on any atom is 0.0623 e. The molecule has 0 fully saturated rings. The fraction of sp³-hybridized carbons (Fsp3) is 0.143. The zero-order valence-electron chi connectivity index (χ0n) is 10.3. The average Bonchev–Trinajstić information content (AvgIpc) is 2.35. The van der Waals surface area contributed by atoms with Gasteiger partial charge in [-0.15, -0.1) is 0 Å². The van der Waals surface area contributed by atoms with Gasteiger partial charge in [0, 0.05) is 15.7 Å². The monoisotopic (exact) mass is 313 g/mol. The van der Waals surface area contributed by atoms with Crippen LogP contribution in [0.3, 0.4) is 0 Å². The Balaban J connectivity index is 2.28. The number of hydrogen-bond donors (Lipinski definition) is 1. The molecule has 0 aliphatic carbocycles. The van der Waals surface area contributed by atoms with Gasteiger partial charge in [-0.1, -0.05) is 35.3 Å². The normalized spacial score (nSPS) is 12.4. The molecule has 5 heteroatoms. The zero-order valence-corrected chi connectivity index (χ0v) is 12.6. The molecular weight excluding hydrogens is 301 g/mol. The van der Waals surface area contributed by atoms with Gasteiger partial charge in [-0.2, -0.15) is 0 Å². The van der Waals surface area contributed by atoms with Crippen LogP contribution in [-0.2, 0) is 16.6 Å². The van der Waals surface area contributed by atoms with Crippen molar-refractivity contribution in [1.29, 1.82) is 0 Å². The smallest absolute Gasteiger partial charge is 0.0623 e. The van der Waals surface area contributed by atoms with Crippen molar-refractivity contribution in [2.45, 2.75) is 17.6 Å². The fourth-order valence-electron chi connectivity index (χ4n) is 1.70. The Bertz CT molecular complexity index is 643. The lowest BCUT2D eigenvalue weighted by Crippen LogP contribution is -2.02. The lowest BCUT2D eigenvalue weighted by molar-refractivity contribution is 0.683. The van der Waals surface area contributed by atoms with Crippen molar-refractivity contribution in [3.63, 3.8) is 0 Å². The molecule has 19 heavy (non-hydrogen) atoms. The molecule has 0 aliphatic heterocycles. The lowest BCUT2D eigenvalue weighted by atomic mass is 10.2. The summed E-state index contributed by atoms with van der Waals surface area (Å²) in [5.74, 6) is 0.323. The molecular formula is C14H13Cl2NOS. The molecule has 0 heterocycles. The molecule has 0 aliphatic rings. The summed E-state index contributed by atoms with van der Waals surface area (Å²) in [5.41, 5.74) is 8.22. The van der Waals surface area contributed by atoms with E-state index < -0.39 is 10.8 Å². The lowest BCUT2D eigenvalue weighted by Gasteiger charge is -2.08. The molecule has 0 spiro atoms. The van der Waals surface area contributed by atoms with Crippen LogP contribution in [0, 0.1) is 6.92 Å². The van der Waals surface area contributed by atoms with Crippen molar-refractivity contribution in [3.05, 3.63) is 57.6 Å². The van der Waals surface area contributed by atoms with Crippen LogP contribution in [0.2, 0.25) is 10.0 Å². The molecule has 2 aromatic rings. The molecule has 1 atom stereocenters. The largest absolute Gasteiger partial charge is 0.398 e. The molecule has 1 unspecified atom stereocenters. The van der Waals surface area contributed by atoms with E-state index in [2.05, 4.69) is 0 Å². The van der Waals surface area contributed by atoms with E-state index in [4.69, 9.17) is 28.9 Å². The summed E-state index contributed by atoms with van der Waals surface area (Å²) in [6.45, 7) is 1.94. The molecule has 2 rings (SSSR count). The van der Waals surface area contributed by atoms with Crippen LogP contribution < -0.4 is 5.73 Å². The molecule has 2 N–H and O–H groups in total. The van der Waals surface area contributed by atoms with Crippen molar-refractivity contribution < 1.29 is 4.21 Å². The number of benzene rings is 2. The minimum atomic E-state index is -1.23. The summed E-state index contributed by atoms with van der Waals surface area (Å²) >= 11 is 11.9. The Morgan fingerprint density at radius 3 is 2.58 bits per heavy atom. The van der Waals surface area contributed by atoms with E-state index in [0.717, 1.165) is 11.1 Å². The summed E-state index contributed by atoms with van der Waals surface area (Å²) in [6.07, 6.45) is 0. The number of nitrogen functional groups attached to an aromatic ring is 1. The summed E-state index contributed by atoms with van der Waals surface area (Å²) in [4.78, 5) is 0.644. The van der Waals surface area contributed by atoms with E-state index in [-0.39, 0.29) is 0 Å². The van der Waals surface area contributed by atoms with Gasteiger partial charge in [0.25, 0.3) is 0 Å². The second-order valence-corrected chi connectivity index (χ2v) is 6.53. The van der Waals surface area contributed by atoms with Crippen LogP contribution in [0.1, 0.15) is 11.1 Å². The van der Waals surface area contributed by atoms with Crippen LogP contribution in [0.5, 0.6) is 0 Å². The topological polar surface area (TPSA) is 43.1 Å². The first kappa shape index (κ1) is 14.4. The Hall–Kier alpha value is -1.03. The van der Waals surface area contributed by atoms with Gasteiger partial charge in [-0.3, -0.25) is 4.21 Å². The van der Waals surface area contributed by atoms with Gasteiger partial charge in [0.1, 0.15) is 0 Å². The zero-order chi connectivity index (χ0) is 14.0. The summed E-state index contributed by atoms with van der Waals surface area (Å²) in [5, 5.41) is 1.08. The van der Waals surface area contributed by atoms with Gasteiger partial charge in [0.05, 0.1) is 21.4 Å². The molecule has 2 nitrogen and oxygen atoms in total. The minimum absolute atomic E-state index is 0.323. The van der Waals surface area contributed by atoms with Gasteiger partial charge in [-0.25, -0.2) is 0 Å². The minimum Gasteiger partial charge on any atom is -0.398 e. The van der Waals surface area contributed by atoms with E-state index in [0.29, 0.717) is 26.4 Å². The number of anilines is 1. The van der Waals surface area contributed by atoms with Gasteiger partial charge in [0.2, 0.25) is 0 Å². The second-order valence-electron chi connectivity index (χ2n) is 4.27. The first-order valence-corrected chi connectivity index (χ1v) is 7.73. The Labute approximate surface area is 125 Å². The SMILES string of the molecule is Cc1ccc(N)c(S(=O)Cc2ccc(Cl)cc2Cl)c1. The highest BCUT2D eigenvalue weighted by atomic mass is 35.5. The predicted octanol–water partition coefficient (Wildman–Crippen LogP) is 4.19. The number of nitrogens with two attached hydrogens (primary N) is 1. The molecule has 0 amide bonds. The Kier molecular flexibility index (Phi) is 4.50. The maximum absolute atomic E-state index is 12.4. The number of aryl methyl sites for hydroxylation is 1. The van der Waals surface area contributed by atoms with Crippen molar-refractivity contribution in [3.8, 4) is 0 Å². The van der Waals surface area contributed by atoms with Gasteiger partial charge in [-0.05, 0) is 42.3 Å². The third-order valence-electron chi connectivity index (χ3n) is 2.72. The molecule has 0 bridgehead atoms. The highest BCUT2D eigenvalue weighted by Gasteiger charge is 2.11. The molecule has 0 radical (unpaired) electrons.